The number of nitrogens with zero attached hydrogens (tertiary/aromatic N) is 2. The Balaban J connectivity index is 3.07. The van der Waals surface area contributed by atoms with Gasteiger partial charge in [-0.05, 0) is 39.7 Å². The first-order chi connectivity index (χ1) is 9.58. The van der Waals surface area contributed by atoms with Gasteiger partial charge in [-0.1, -0.05) is 20.8 Å². The molecule has 0 fully saturated rings. The van der Waals surface area contributed by atoms with Crippen LogP contribution in [0.25, 0.3) is 0 Å². The fourth-order valence-electron chi connectivity index (χ4n) is 2.63. The molecule has 0 aliphatic rings. The second kappa shape index (κ2) is 8.42. The Morgan fingerprint density at radius 2 is 1.90 bits per heavy atom. The van der Waals surface area contributed by atoms with Gasteiger partial charge >= 0.3 is 0 Å². The van der Waals surface area contributed by atoms with Crippen LogP contribution in [-0.4, -0.2) is 29.5 Å². The highest BCUT2D eigenvalue weighted by atomic mass is 16.5. The van der Waals surface area contributed by atoms with E-state index in [0.29, 0.717) is 6.04 Å². The summed E-state index contributed by atoms with van der Waals surface area (Å²) in [4.78, 5) is 0. The van der Waals surface area contributed by atoms with E-state index in [1.807, 2.05) is 0 Å². The molecule has 4 nitrogen and oxygen atoms in total. The lowest BCUT2D eigenvalue weighted by atomic mass is 10.0. The van der Waals surface area contributed by atoms with Crippen LogP contribution in [0.4, 0.5) is 0 Å². The molecule has 0 saturated carbocycles. The molecular weight excluding hydrogens is 250 g/mol. The zero-order chi connectivity index (χ0) is 15.1. The number of methoxy groups -OCH3 is 1. The molecule has 0 aliphatic carbocycles. The maximum atomic E-state index is 5.39. The van der Waals surface area contributed by atoms with Crippen LogP contribution in [-0.2, 0) is 24.1 Å². The highest BCUT2D eigenvalue weighted by Gasteiger charge is 2.20. The van der Waals surface area contributed by atoms with E-state index in [9.17, 15) is 0 Å². The Hall–Kier alpha value is -0.870. The third-order valence-corrected chi connectivity index (χ3v) is 3.81. The van der Waals surface area contributed by atoms with Crippen LogP contribution in [0.2, 0.25) is 0 Å². The largest absolute Gasteiger partial charge is 0.380 e. The van der Waals surface area contributed by atoms with Gasteiger partial charge in [-0.2, -0.15) is 5.10 Å². The van der Waals surface area contributed by atoms with Gasteiger partial charge in [-0.15, -0.1) is 0 Å². The molecule has 0 saturated heterocycles. The van der Waals surface area contributed by atoms with Gasteiger partial charge in [0.25, 0.3) is 0 Å². The molecular formula is C16H31N3O. The Morgan fingerprint density at radius 3 is 2.40 bits per heavy atom. The minimum atomic E-state index is 0.191. The van der Waals surface area contributed by atoms with Crippen molar-refractivity contribution in [3.63, 3.8) is 0 Å². The minimum absolute atomic E-state index is 0.191. The standard InChI is InChI=1S/C16H31N3O/c1-7-10-17-13(5)16-14(8-2)18-19(15(16)9-3)11-12(4)20-6/h12-13,17H,7-11H2,1-6H3. The number of aromatic nitrogens is 2. The Bertz CT molecular complexity index is 401. The van der Waals surface area contributed by atoms with Crippen LogP contribution >= 0.6 is 0 Å². The molecule has 0 aliphatic heterocycles. The molecule has 2 atom stereocenters. The Labute approximate surface area is 123 Å². The monoisotopic (exact) mass is 281 g/mol. The maximum Gasteiger partial charge on any atom is 0.0739 e. The molecule has 116 valence electrons. The van der Waals surface area contributed by atoms with E-state index in [0.717, 1.165) is 32.4 Å². The molecule has 0 aromatic carbocycles. The molecule has 0 amide bonds. The molecule has 20 heavy (non-hydrogen) atoms. The maximum absolute atomic E-state index is 5.39. The predicted molar refractivity (Wildman–Crippen MR) is 84.2 cm³/mol. The first-order valence-electron chi connectivity index (χ1n) is 7.93. The summed E-state index contributed by atoms with van der Waals surface area (Å²) in [7, 11) is 1.76. The molecule has 1 aromatic rings. The molecule has 1 aromatic heterocycles. The molecule has 0 radical (unpaired) electrons. The summed E-state index contributed by atoms with van der Waals surface area (Å²) in [5.74, 6) is 0. The normalized spacial score (nSPS) is 14.5. The van der Waals surface area contributed by atoms with Crippen LogP contribution < -0.4 is 5.32 Å². The first kappa shape index (κ1) is 17.2. The van der Waals surface area contributed by atoms with E-state index in [2.05, 4.69) is 44.6 Å². The van der Waals surface area contributed by atoms with Crippen molar-refractivity contribution in [3.05, 3.63) is 17.0 Å². The number of hydrogen-bond donors (Lipinski definition) is 1. The predicted octanol–water partition coefficient (Wildman–Crippen LogP) is 3.10. The molecule has 1 rings (SSSR count). The highest BCUT2D eigenvalue weighted by Crippen LogP contribution is 2.24. The van der Waals surface area contributed by atoms with Gasteiger partial charge in [0.1, 0.15) is 0 Å². The number of rotatable bonds is 9. The lowest BCUT2D eigenvalue weighted by Gasteiger charge is -2.17. The lowest BCUT2D eigenvalue weighted by Crippen LogP contribution is -2.22. The van der Waals surface area contributed by atoms with E-state index in [-0.39, 0.29) is 6.10 Å². The van der Waals surface area contributed by atoms with E-state index in [1.54, 1.807) is 7.11 Å². The quantitative estimate of drug-likeness (QED) is 0.756. The third-order valence-electron chi connectivity index (χ3n) is 3.81. The lowest BCUT2D eigenvalue weighted by molar-refractivity contribution is 0.0989. The zero-order valence-corrected chi connectivity index (χ0v) is 14.0. The highest BCUT2D eigenvalue weighted by molar-refractivity contribution is 5.30. The van der Waals surface area contributed by atoms with Gasteiger partial charge in [0.15, 0.2) is 0 Å². The summed E-state index contributed by atoms with van der Waals surface area (Å²) in [6, 6.07) is 0.367. The molecule has 2 unspecified atom stereocenters. The van der Waals surface area contributed by atoms with E-state index >= 15 is 0 Å². The summed E-state index contributed by atoms with van der Waals surface area (Å²) in [5.41, 5.74) is 3.97. The fourth-order valence-corrected chi connectivity index (χ4v) is 2.63. The number of aryl methyl sites for hydroxylation is 1. The molecule has 0 spiro atoms. The van der Waals surface area contributed by atoms with Gasteiger partial charge in [-0.3, -0.25) is 4.68 Å². The van der Waals surface area contributed by atoms with Gasteiger partial charge < -0.3 is 10.1 Å². The number of hydrogen-bond acceptors (Lipinski definition) is 3. The van der Waals surface area contributed by atoms with Gasteiger partial charge in [0.2, 0.25) is 0 Å². The SMILES string of the molecule is CCCNC(C)c1c(CC)nn(CC(C)OC)c1CC. The van der Waals surface area contributed by atoms with E-state index in [4.69, 9.17) is 9.84 Å². The average Bonchev–Trinajstić information content (AvgIpc) is 2.81. The smallest absolute Gasteiger partial charge is 0.0739 e. The minimum Gasteiger partial charge on any atom is -0.380 e. The topological polar surface area (TPSA) is 39.1 Å². The number of nitrogens with one attached hydrogen (secondary N) is 1. The van der Waals surface area contributed by atoms with Crippen molar-refractivity contribution in [3.8, 4) is 0 Å². The van der Waals surface area contributed by atoms with Gasteiger partial charge in [0.05, 0.1) is 18.3 Å². The summed E-state index contributed by atoms with van der Waals surface area (Å²) >= 11 is 0. The van der Waals surface area contributed by atoms with Crippen molar-refractivity contribution < 1.29 is 4.74 Å². The van der Waals surface area contributed by atoms with Crippen LogP contribution in [0.1, 0.15) is 64.0 Å². The second-order valence-corrected chi connectivity index (χ2v) is 5.42. The zero-order valence-electron chi connectivity index (χ0n) is 14.0. The van der Waals surface area contributed by atoms with Gasteiger partial charge in [0, 0.05) is 24.4 Å². The van der Waals surface area contributed by atoms with Crippen LogP contribution in [0, 0.1) is 0 Å². The van der Waals surface area contributed by atoms with Crippen molar-refractivity contribution in [2.24, 2.45) is 0 Å². The van der Waals surface area contributed by atoms with Crippen molar-refractivity contribution in [1.82, 2.24) is 15.1 Å². The summed E-state index contributed by atoms with van der Waals surface area (Å²) in [6.07, 6.45) is 3.34. The molecule has 0 bridgehead atoms. The summed E-state index contributed by atoms with van der Waals surface area (Å²) in [5, 5.41) is 8.41. The van der Waals surface area contributed by atoms with E-state index < -0.39 is 0 Å². The molecule has 1 N–H and O–H groups in total. The Morgan fingerprint density at radius 1 is 1.20 bits per heavy atom. The van der Waals surface area contributed by atoms with Crippen molar-refractivity contribution >= 4 is 0 Å². The summed E-state index contributed by atoms with van der Waals surface area (Å²) in [6.45, 7) is 12.8. The van der Waals surface area contributed by atoms with Crippen LogP contribution in [0.3, 0.4) is 0 Å². The first-order valence-corrected chi connectivity index (χ1v) is 7.93. The van der Waals surface area contributed by atoms with Crippen molar-refractivity contribution in [1.29, 1.82) is 0 Å². The Kier molecular flexibility index (Phi) is 7.24. The molecule has 4 heteroatoms. The van der Waals surface area contributed by atoms with E-state index in [1.165, 1.54) is 17.0 Å². The third kappa shape index (κ3) is 4.06. The number of ether oxygens (including phenoxy) is 1. The van der Waals surface area contributed by atoms with Crippen molar-refractivity contribution in [2.45, 2.75) is 72.6 Å². The van der Waals surface area contributed by atoms with Gasteiger partial charge in [-0.25, -0.2) is 0 Å². The van der Waals surface area contributed by atoms with Crippen LogP contribution in [0.5, 0.6) is 0 Å². The second-order valence-electron chi connectivity index (χ2n) is 5.42. The molecule has 1 heterocycles. The van der Waals surface area contributed by atoms with Crippen molar-refractivity contribution in [2.75, 3.05) is 13.7 Å². The average molecular weight is 281 g/mol. The fraction of sp³-hybridized carbons (Fsp3) is 0.812. The van der Waals surface area contributed by atoms with Crippen LogP contribution in [0.15, 0.2) is 0 Å². The summed E-state index contributed by atoms with van der Waals surface area (Å²) < 4.78 is 7.53.